The maximum absolute atomic E-state index is 6.02. The van der Waals surface area contributed by atoms with E-state index in [4.69, 9.17) is 11.6 Å². The zero-order valence-electron chi connectivity index (χ0n) is 8.52. The summed E-state index contributed by atoms with van der Waals surface area (Å²) >= 11 is 6.02. The largest absolute Gasteiger partial charge is 0.318 e. The van der Waals surface area contributed by atoms with Crippen LogP contribution in [0.15, 0.2) is 24.3 Å². The SMILES string of the molecule is CNCCNCCc1ccccc1Cl. The molecule has 0 amide bonds. The van der Waals surface area contributed by atoms with Crippen molar-refractivity contribution in [2.75, 3.05) is 26.7 Å². The van der Waals surface area contributed by atoms with Gasteiger partial charge in [0.1, 0.15) is 0 Å². The first-order valence-electron chi connectivity index (χ1n) is 4.93. The number of nitrogens with one attached hydrogen (secondary N) is 2. The summed E-state index contributed by atoms with van der Waals surface area (Å²) in [7, 11) is 1.95. The summed E-state index contributed by atoms with van der Waals surface area (Å²) in [6.45, 7) is 2.98. The molecule has 0 aliphatic carbocycles. The van der Waals surface area contributed by atoms with Crippen molar-refractivity contribution in [3.63, 3.8) is 0 Å². The van der Waals surface area contributed by atoms with Crippen LogP contribution in [0.3, 0.4) is 0 Å². The lowest BCUT2D eigenvalue weighted by Crippen LogP contribution is -2.26. The lowest BCUT2D eigenvalue weighted by atomic mass is 10.1. The molecule has 0 unspecified atom stereocenters. The monoisotopic (exact) mass is 212 g/mol. The molecule has 0 saturated carbocycles. The highest BCUT2D eigenvalue weighted by Crippen LogP contribution is 2.14. The zero-order valence-corrected chi connectivity index (χ0v) is 9.27. The molecule has 0 aromatic heterocycles. The van der Waals surface area contributed by atoms with Gasteiger partial charge in [0.15, 0.2) is 0 Å². The molecule has 0 radical (unpaired) electrons. The van der Waals surface area contributed by atoms with Gasteiger partial charge < -0.3 is 10.6 Å². The molecule has 1 aromatic rings. The zero-order chi connectivity index (χ0) is 10.2. The van der Waals surface area contributed by atoms with E-state index in [0.717, 1.165) is 31.1 Å². The van der Waals surface area contributed by atoms with Crippen LogP contribution in [0.2, 0.25) is 5.02 Å². The molecule has 0 heterocycles. The molecule has 78 valence electrons. The highest BCUT2D eigenvalue weighted by molar-refractivity contribution is 6.31. The van der Waals surface area contributed by atoms with E-state index in [-0.39, 0.29) is 0 Å². The highest BCUT2D eigenvalue weighted by Gasteiger charge is 1.97. The van der Waals surface area contributed by atoms with Gasteiger partial charge in [-0.25, -0.2) is 0 Å². The number of rotatable bonds is 6. The Labute approximate surface area is 90.7 Å². The number of halogens is 1. The quantitative estimate of drug-likeness (QED) is 0.702. The lowest BCUT2D eigenvalue weighted by molar-refractivity contribution is 0.649. The number of hydrogen-bond donors (Lipinski definition) is 2. The molecule has 1 aromatic carbocycles. The molecule has 0 atom stereocenters. The second kappa shape index (κ2) is 6.82. The molecule has 0 spiro atoms. The molecular weight excluding hydrogens is 196 g/mol. The average Bonchev–Trinajstić information content (AvgIpc) is 2.20. The van der Waals surface area contributed by atoms with E-state index < -0.39 is 0 Å². The van der Waals surface area contributed by atoms with Crippen molar-refractivity contribution in [3.8, 4) is 0 Å². The minimum Gasteiger partial charge on any atom is -0.318 e. The summed E-state index contributed by atoms with van der Waals surface area (Å²) in [5.41, 5.74) is 1.21. The van der Waals surface area contributed by atoms with Crippen LogP contribution < -0.4 is 10.6 Å². The fraction of sp³-hybridized carbons (Fsp3) is 0.455. The van der Waals surface area contributed by atoms with Crippen LogP contribution >= 0.6 is 11.6 Å². The molecule has 0 fully saturated rings. The van der Waals surface area contributed by atoms with Gasteiger partial charge in [0.25, 0.3) is 0 Å². The maximum Gasteiger partial charge on any atom is 0.0438 e. The first kappa shape index (κ1) is 11.5. The third-order valence-electron chi connectivity index (χ3n) is 2.08. The normalized spacial score (nSPS) is 10.4. The minimum absolute atomic E-state index is 0.864. The predicted molar refractivity (Wildman–Crippen MR) is 62.0 cm³/mol. The van der Waals surface area contributed by atoms with E-state index >= 15 is 0 Å². The highest BCUT2D eigenvalue weighted by atomic mass is 35.5. The van der Waals surface area contributed by atoms with E-state index in [1.165, 1.54) is 5.56 Å². The van der Waals surface area contributed by atoms with E-state index in [9.17, 15) is 0 Å². The Bertz CT molecular complexity index is 263. The molecule has 14 heavy (non-hydrogen) atoms. The third-order valence-corrected chi connectivity index (χ3v) is 2.45. The van der Waals surface area contributed by atoms with Gasteiger partial charge in [-0.3, -0.25) is 0 Å². The van der Waals surface area contributed by atoms with Crippen LogP contribution in [0.25, 0.3) is 0 Å². The van der Waals surface area contributed by atoms with Crippen LogP contribution in [0.4, 0.5) is 0 Å². The summed E-state index contributed by atoms with van der Waals surface area (Å²) in [5.74, 6) is 0. The van der Waals surface area contributed by atoms with Gasteiger partial charge >= 0.3 is 0 Å². The second-order valence-electron chi connectivity index (χ2n) is 3.19. The Balaban J connectivity index is 2.21. The third kappa shape index (κ3) is 4.09. The summed E-state index contributed by atoms with van der Waals surface area (Å²) in [4.78, 5) is 0. The van der Waals surface area contributed by atoms with Crippen molar-refractivity contribution in [2.24, 2.45) is 0 Å². The van der Waals surface area contributed by atoms with Crippen molar-refractivity contribution in [1.29, 1.82) is 0 Å². The molecule has 0 aliphatic rings. The summed E-state index contributed by atoms with van der Waals surface area (Å²) in [5, 5.41) is 7.29. The summed E-state index contributed by atoms with van der Waals surface area (Å²) in [6, 6.07) is 7.99. The molecule has 0 bridgehead atoms. The number of likely N-dealkylation sites (N-methyl/N-ethyl adjacent to an activating group) is 1. The van der Waals surface area contributed by atoms with Crippen LogP contribution in [0, 0.1) is 0 Å². The van der Waals surface area contributed by atoms with Gasteiger partial charge in [-0.1, -0.05) is 29.8 Å². The number of benzene rings is 1. The lowest BCUT2D eigenvalue weighted by Gasteiger charge is -2.05. The van der Waals surface area contributed by atoms with Crippen molar-refractivity contribution in [2.45, 2.75) is 6.42 Å². The van der Waals surface area contributed by atoms with Gasteiger partial charge in [0, 0.05) is 18.1 Å². The van der Waals surface area contributed by atoms with Gasteiger partial charge in [0.2, 0.25) is 0 Å². The van der Waals surface area contributed by atoms with Gasteiger partial charge in [-0.15, -0.1) is 0 Å². The average molecular weight is 213 g/mol. The predicted octanol–water partition coefficient (Wildman–Crippen LogP) is 1.69. The Kier molecular flexibility index (Phi) is 5.60. The smallest absolute Gasteiger partial charge is 0.0438 e. The van der Waals surface area contributed by atoms with Crippen molar-refractivity contribution < 1.29 is 0 Å². The Hall–Kier alpha value is -0.570. The first-order valence-corrected chi connectivity index (χ1v) is 5.31. The first-order chi connectivity index (χ1) is 6.84. The maximum atomic E-state index is 6.02. The second-order valence-corrected chi connectivity index (χ2v) is 3.60. The van der Waals surface area contributed by atoms with Crippen molar-refractivity contribution in [3.05, 3.63) is 34.9 Å². The van der Waals surface area contributed by atoms with E-state index in [1.54, 1.807) is 0 Å². The van der Waals surface area contributed by atoms with Crippen molar-refractivity contribution in [1.82, 2.24) is 10.6 Å². The summed E-state index contributed by atoms with van der Waals surface area (Å²) in [6.07, 6.45) is 0.989. The summed E-state index contributed by atoms with van der Waals surface area (Å²) < 4.78 is 0. The molecule has 3 heteroatoms. The van der Waals surface area contributed by atoms with Gasteiger partial charge in [-0.2, -0.15) is 0 Å². The Morgan fingerprint density at radius 3 is 2.64 bits per heavy atom. The van der Waals surface area contributed by atoms with E-state index in [2.05, 4.69) is 16.7 Å². The van der Waals surface area contributed by atoms with Gasteiger partial charge in [0.05, 0.1) is 0 Å². The standard InChI is InChI=1S/C11H17ClN2/c1-13-8-9-14-7-6-10-4-2-3-5-11(10)12/h2-5,13-14H,6-9H2,1H3. The Morgan fingerprint density at radius 1 is 1.14 bits per heavy atom. The van der Waals surface area contributed by atoms with E-state index in [0.29, 0.717) is 0 Å². The topological polar surface area (TPSA) is 24.1 Å². The van der Waals surface area contributed by atoms with Crippen LogP contribution in [0.1, 0.15) is 5.56 Å². The molecule has 0 saturated heterocycles. The van der Waals surface area contributed by atoms with Crippen LogP contribution in [-0.2, 0) is 6.42 Å². The molecule has 2 N–H and O–H groups in total. The van der Waals surface area contributed by atoms with Gasteiger partial charge in [-0.05, 0) is 31.6 Å². The number of hydrogen-bond acceptors (Lipinski definition) is 2. The fourth-order valence-corrected chi connectivity index (χ4v) is 1.49. The fourth-order valence-electron chi connectivity index (χ4n) is 1.26. The Morgan fingerprint density at radius 2 is 1.93 bits per heavy atom. The molecule has 1 rings (SSSR count). The van der Waals surface area contributed by atoms with Crippen molar-refractivity contribution >= 4 is 11.6 Å². The minimum atomic E-state index is 0.864. The molecule has 0 aliphatic heterocycles. The molecule has 2 nitrogen and oxygen atoms in total. The van der Waals surface area contributed by atoms with Crippen LogP contribution in [0.5, 0.6) is 0 Å². The van der Waals surface area contributed by atoms with Crippen LogP contribution in [-0.4, -0.2) is 26.7 Å². The molecular formula is C11H17ClN2. The van der Waals surface area contributed by atoms with E-state index in [1.807, 2.05) is 25.2 Å².